The Labute approximate surface area is 101 Å². The highest BCUT2D eigenvalue weighted by Gasteiger charge is 2.27. The van der Waals surface area contributed by atoms with Crippen LogP contribution in [0.15, 0.2) is 18.2 Å². The molecule has 0 amide bonds. The van der Waals surface area contributed by atoms with Crippen LogP contribution in [0.2, 0.25) is 0 Å². The molecule has 1 aromatic carbocycles. The lowest BCUT2D eigenvalue weighted by Gasteiger charge is -2.31. The first-order valence-corrected chi connectivity index (χ1v) is 6.02. The van der Waals surface area contributed by atoms with Crippen molar-refractivity contribution in [1.82, 2.24) is 10.3 Å². The minimum absolute atomic E-state index is 0.172. The van der Waals surface area contributed by atoms with E-state index in [0.717, 1.165) is 24.2 Å². The molecule has 0 aliphatic carbocycles. The van der Waals surface area contributed by atoms with Crippen molar-refractivity contribution in [2.24, 2.45) is 0 Å². The van der Waals surface area contributed by atoms with Crippen LogP contribution >= 0.6 is 0 Å². The van der Waals surface area contributed by atoms with Crippen LogP contribution in [0.3, 0.4) is 0 Å². The first-order valence-electron chi connectivity index (χ1n) is 6.02. The molecule has 0 spiro atoms. The van der Waals surface area contributed by atoms with E-state index in [1.165, 1.54) is 16.6 Å². The number of H-pyrrole nitrogens is 1. The first-order chi connectivity index (χ1) is 8.11. The van der Waals surface area contributed by atoms with E-state index in [1.54, 1.807) is 7.11 Å². The Morgan fingerprint density at radius 2 is 2.12 bits per heavy atom. The molecule has 0 saturated heterocycles. The second-order valence-electron chi connectivity index (χ2n) is 5.38. The third kappa shape index (κ3) is 1.62. The third-order valence-electron chi connectivity index (χ3n) is 3.57. The Balaban J connectivity index is 2.23. The van der Waals surface area contributed by atoms with Gasteiger partial charge < -0.3 is 15.0 Å². The molecular formula is C14H18N2O. The van der Waals surface area contributed by atoms with Gasteiger partial charge in [-0.15, -0.1) is 0 Å². The van der Waals surface area contributed by atoms with E-state index in [2.05, 4.69) is 36.3 Å². The van der Waals surface area contributed by atoms with Gasteiger partial charge in [0.15, 0.2) is 0 Å². The van der Waals surface area contributed by atoms with E-state index in [1.807, 2.05) is 6.07 Å². The highest BCUT2D eigenvalue weighted by Crippen LogP contribution is 2.34. The highest BCUT2D eigenvalue weighted by atomic mass is 16.5. The van der Waals surface area contributed by atoms with Crippen LogP contribution in [0.4, 0.5) is 0 Å². The number of hydrogen-bond acceptors (Lipinski definition) is 2. The molecule has 0 unspecified atom stereocenters. The van der Waals surface area contributed by atoms with Gasteiger partial charge in [-0.1, -0.05) is 12.1 Å². The number of para-hydroxylation sites is 1. The zero-order valence-corrected chi connectivity index (χ0v) is 10.6. The monoisotopic (exact) mass is 230 g/mol. The number of fused-ring (bicyclic) bond motifs is 3. The number of aromatic amines is 1. The molecule has 2 N–H and O–H groups in total. The number of methoxy groups -OCH3 is 1. The molecule has 0 fully saturated rings. The van der Waals surface area contributed by atoms with E-state index in [-0.39, 0.29) is 5.54 Å². The van der Waals surface area contributed by atoms with Crippen molar-refractivity contribution in [2.45, 2.75) is 32.4 Å². The summed E-state index contributed by atoms with van der Waals surface area (Å²) in [6.07, 6.45) is 1.05. The molecule has 0 saturated carbocycles. The molecule has 2 aromatic rings. The maximum atomic E-state index is 5.41. The Kier molecular flexibility index (Phi) is 2.20. The quantitative estimate of drug-likeness (QED) is 0.790. The lowest BCUT2D eigenvalue weighted by molar-refractivity contribution is 0.361. The van der Waals surface area contributed by atoms with E-state index in [4.69, 9.17) is 4.74 Å². The summed E-state index contributed by atoms with van der Waals surface area (Å²) in [7, 11) is 1.72. The summed E-state index contributed by atoms with van der Waals surface area (Å²) in [5, 5.41) is 4.84. The Morgan fingerprint density at radius 1 is 1.29 bits per heavy atom. The first kappa shape index (κ1) is 10.7. The average molecular weight is 230 g/mol. The van der Waals surface area contributed by atoms with Crippen LogP contribution in [0.1, 0.15) is 25.1 Å². The van der Waals surface area contributed by atoms with Gasteiger partial charge in [0.05, 0.1) is 12.6 Å². The maximum absolute atomic E-state index is 5.41. The van der Waals surface area contributed by atoms with Crippen LogP contribution in [-0.4, -0.2) is 17.6 Å². The molecule has 3 nitrogen and oxygen atoms in total. The van der Waals surface area contributed by atoms with Crippen LogP contribution in [0.25, 0.3) is 10.9 Å². The predicted octanol–water partition coefficient (Wildman–Crippen LogP) is 2.60. The third-order valence-corrected chi connectivity index (χ3v) is 3.57. The molecule has 1 aliphatic heterocycles. The van der Waals surface area contributed by atoms with Crippen molar-refractivity contribution < 1.29 is 4.74 Å². The molecule has 0 radical (unpaired) electrons. The lowest BCUT2D eigenvalue weighted by Crippen LogP contribution is -2.44. The fraction of sp³-hybridized carbons (Fsp3) is 0.429. The molecule has 2 heterocycles. The lowest BCUT2D eigenvalue weighted by atomic mass is 9.89. The van der Waals surface area contributed by atoms with Crippen molar-refractivity contribution in [2.75, 3.05) is 7.11 Å². The van der Waals surface area contributed by atoms with Gasteiger partial charge in [-0.2, -0.15) is 0 Å². The Morgan fingerprint density at radius 3 is 2.88 bits per heavy atom. The van der Waals surface area contributed by atoms with E-state index >= 15 is 0 Å². The van der Waals surface area contributed by atoms with Gasteiger partial charge in [-0.25, -0.2) is 0 Å². The predicted molar refractivity (Wildman–Crippen MR) is 69.5 cm³/mol. The minimum atomic E-state index is 0.172. The highest BCUT2D eigenvalue weighted by molar-refractivity contribution is 5.89. The van der Waals surface area contributed by atoms with Crippen molar-refractivity contribution >= 4 is 10.9 Å². The van der Waals surface area contributed by atoms with Gasteiger partial charge >= 0.3 is 0 Å². The number of ether oxygens (including phenoxy) is 1. The van der Waals surface area contributed by atoms with Crippen LogP contribution in [0, 0.1) is 0 Å². The number of benzene rings is 1. The number of nitrogens with one attached hydrogen (secondary N) is 2. The summed E-state index contributed by atoms with van der Waals surface area (Å²) in [4.78, 5) is 3.49. The Hall–Kier alpha value is -1.48. The molecule has 0 bridgehead atoms. The van der Waals surface area contributed by atoms with Crippen LogP contribution in [-0.2, 0) is 13.0 Å². The van der Waals surface area contributed by atoms with Crippen molar-refractivity contribution in [3.63, 3.8) is 0 Å². The van der Waals surface area contributed by atoms with E-state index in [0.29, 0.717) is 0 Å². The zero-order valence-electron chi connectivity index (χ0n) is 10.6. The van der Waals surface area contributed by atoms with Gasteiger partial charge in [0, 0.05) is 23.2 Å². The molecule has 0 atom stereocenters. The molecule has 3 heteroatoms. The second kappa shape index (κ2) is 3.50. The number of hydrogen-bond donors (Lipinski definition) is 2. The van der Waals surface area contributed by atoms with Crippen LogP contribution in [0.5, 0.6) is 5.75 Å². The molecule has 1 aromatic heterocycles. The summed E-state index contributed by atoms with van der Waals surface area (Å²) in [5.41, 5.74) is 4.02. The summed E-state index contributed by atoms with van der Waals surface area (Å²) in [6.45, 7) is 5.39. The zero-order chi connectivity index (χ0) is 12.0. The van der Waals surface area contributed by atoms with Gasteiger partial charge in [0.25, 0.3) is 0 Å². The molecule has 1 aliphatic rings. The summed E-state index contributed by atoms with van der Waals surface area (Å²) >= 11 is 0. The molecular weight excluding hydrogens is 212 g/mol. The maximum Gasteiger partial charge on any atom is 0.142 e. The van der Waals surface area contributed by atoms with Gasteiger partial charge in [-0.3, -0.25) is 0 Å². The second-order valence-corrected chi connectivity index (χ2v) is 5.38. The van der Waals surface area contributed by atoms with Crippen molar-refractivity contribution in [3.8, 4) is 5.75 Å². The normalized spacial score (nSPS) is 18.1. The average Bonchev–Trinajstić information content (AvgIpc) is 2.65. The van der Waals surface area contributed by atoms with Gasteiger partial charge in [0.2, 0.25) is 0 Å². The largest absolute Gasteiger partial charge is 0.495 e. The fourth-order valence-electron chi connectivity index (χ4n) is 2.66. The minimum Gasteiger partial charge on any atom is -0.495 e. The molecule has 90 valence electrons. The summed E-state index contributed by atoms with van der Waals surface area (Å²) < 4.78 is 5.41. The van der Waals surface area contributed by atoms with Crippen LogP contribution < -0.4 is 10.1 Å². The number of rotatable bonds is 1. The molecule has 17 heavy (non-hydrogen) atoms. The topological polar surface area (TPSA) is 37.0 Å². The van der Waals surface area contributed by atoms with Gasteiger partial charge in [0.1, 0.15) is 5.75 Å². The smallest absolute Gasteiger partial charge is 0.142 e. The van der Waals surface area contributed by atoms with Crippen molar-refractivity contribution in [1.29, 1.82) is 0 Å². The standard InChI is InChI=1S/C14H18N2O/c1-14(2)7-10-9-5-4-6-12(17-3)13(9)16-11(10)8-15-14/h4-6,15-16H,7-8H2,1-3H3. The molecule has 3 rings (SSSR count). The Bertz CT molecular complexity index is 569. The summed E-state index contributed by atoms with van der Waals surface area (Å²) in [6, 6.07) is 6.24. The van der Waals surface area contributed by atoms with E-state index < -0.39 is 0 Å². The van der Waals surface area contributed by atoms with Crippen molar-refractivity contribution in [3.05, 3.63) is 29.5 Å². The van der Waals surface area contributed by atoms with Gasteiger partial charge in [-0.05, 0) is 31.9 Å². The van der Waals surface area contributed by atoms with E-state index in [9.17, 15) is 0 Å². The SMILES string of the molecule is COc1cccc2c3c([nH]c12)CNC(C)(C)C3. The number of aromatic nitrogens is 1. The fourth-order valence-corrected chi connectivity index (χ4v) is 2.66. The summed E-state index contributed by atoms with van der Waals surface area (Å²) in [5.74, 6) is 0.926.